The van der Waals surface area contributed by atoms with E-state index in [0.717, 1.165) is 12.1 Å². The van der Waals surface area contributed by atoms with E-state index in [1.165, 1.54) is 11.1 Å². The summed E-state index contributed by atoms with van der Waals surface area (Å²) in [7, 11) is 1.83. The van der Waals surface area contributed by atoms with Crippen LogP contribution >= 0.6 is 0 Å². The van der Waals surface area contributed by atoms with Gasteiger partial charge in [0.15, 0.2) is 0 Å². The molecule has 3 rings (SSSR count). The molecule has 2 aromatic carbocycles. The highest BCUT2D eigenvalue weighted by Crippen LogP contribution is 2.25. The minimum Gasteiger partial charge on any atom is -0.335 e. The number of rotatable bonds is 5. The standard InChI is InChI=1S/C21H23N3O/c1-4-24-15-20(14-22-24)21(25)23(3)16(2)17-10-12-19(13-11-17)18-8-6-5-7-9-18/h5-16H,4H2,1-3H3. The lowest BCUT2D eigenvalue weighted by molar-refractivity contribution is 0.0742. The largest absolute Gasteiger partial charge is 0.335 e. The first-order valence-corrected chi connectivity index (χ1v) is 8.55. The van der Waals surface area contributed by atoms with E-state index >= 15 is 0 Å². The van der Waals surface area contributed by atoms with Crippen molar-refractivity contribution >= 4 is 5.91 Å². The van der Waals surface area contributed by atoms with Crippen LogP contribution in [0.1, 0.15) is 35.8 Å². The molecule has 1 unspecified atom stereocenters. The highest BCUT2D eigenvalue weighted by Gasteiger charge is 2.20. The monoisotopic (exact) mass is 333 g/mol. The van der Waals surface area contributed by atoms with Crippen molar-refractivity contribution in [3.05, 3.63) is 78.1 Å². The van der Waals surface area contributed by atoms with E-state index in [1.807, 2.05) is 39.1 Å². The molecular weight excluding hydrogens is 310 g/mol. The molecule has 0 aliphatic carbocycles. The number of nitrogens with zero attached hydrogens (tertiary/aromatic N) is 3. The van der Waals surface area contributed by atoms with Gasteiger partial charge in [-0.15, -0.1) is 0 Å². The summed E-state index contributed by atoms with van der Waals surface area (Å²) in [6, 6.07) is 18.7. The average molecular weight is 333 g/mol. The number of carbonyl (C=O) groups excluding carboxylic acids is 1. The van der Waals surface area contributed by atoms with Crippen molar-refractivity contribution in [2.45, 2.75) is 26.4 Å². The van der Waals surface area contributed by atoms with E-state index in [2.05, 4.69) is 41.5 Å². The van der Waals surface area contributed by atoms with E-state index in [-0.39, 0.29) is 11.9 Å². The van der Waals surface area contributed by atoms with Crippen molar-refractivity contribution in [1.82, 2.24) is 14.7 Å². The fraction of sp³-hybridized carbons (Fsp3) is 0.238. The van der Waals surface area contributed by atoms with E-state index < -0.39 is 0 Å². The summed E-state index contributed by atoms with van der Waals surface area (Å²) in [6.07, 6.45) is 3.43. The van der Waals surface area contributed by atoms with Gasteiger partial charge in [-0.2, -0.15) is 5.10 Å². The summed E-state index contributed by atoms with van der Waals surface area (Å²) in [6.45, 7) is 4.80. The summed E-state index contributed by atoms with van der Waals surface area (Å²) in [5, 5.41) is 4.18. The molecule has 3 aromatic rings. The van der Waals surface area contributed by atoms with Gasteiger partial charge in [0.1, 0.15) is 0 Å². The number of hydrogen-bond acceptors (Lipinski definition) is 2. The highest BCUT2D eigenvalue weighted by molar-refractivity contribution is 5.93. The first-order chi connectivity index (χ1) is 12.1. The zero-order valence-electron chi connectivity index (χ0n) is 14.9. The van der Waals surface area contributed by atoms with Crippen LogP contribution in [0.25, 0.3) is 11.1 Å². The molecule has 0 saturated carbocycles. The van der Waals surface area contributed by atoms with Gasteiger partial charge < -0.3 is 4.90 Å². The van der Waals surface area contributed by atoms with Gasteiger partial charge in [-0.1, -0.05) is 54.6 Å². The average Bonchev–Trinajstić information content (AvgIpc) is 3.16. The SMILES string of the molecule is CCn1cc(C(=O)N(C)C(C)c2ccc(-c3ccccc3)cc2)cn1. The predicted molar refractivity (Wildman–Crippen MR) is 100 cm³/mol. The molecular formula is C21H23N3O. The Kier molecular flexibility index (Phi) is 4.98. The third kappa shape index (κ3) is 3.63. The Morgan fingerprint density at radius 2 is 1.72 bits per heavy atom. The summed E-state index contributed by atoms with van der Waals surface area (Å²) < 4.78 is 1.76. The summed E-state index contributed by atoms with van der Waals surface area (Å²) >= 11 is 0. The smallest absolute Gasteiger partial charge is 0.257 e. The zero-order valence-corrected chi connectivity index (χ0v) is 14.9. The number of aromatic nitrogens is 2. The third-order valence-corrected chi connectivity index (χ3v) is 4.61. The Bertz CT molecular complexity index is 837. The Morgan fingerprint density at radius 3 is 2.32 bits per heavy atom. The first kappa shape index (κ1) is 17.0. The number of carbonyl (C=O) groups is 1. The molecule has 1 aromatic heterocycles. The van der Waals surface area contributed by atoms with Crippen LogP contribution in [0.3, 0.4) is 0 Å². The molecule has 1 amide bonds. The van der Waals surface area contributed by atoms with E-state index in [1.54, 1.807) is 22.0 Å². The maximum atomic E-state index is 12.6. The summed E-state index contributed by atoms with van der Waals surface area (Å²) in [5.74, 6) is -0.0145. The molecule has 4 nitrogen and oxygen atoms in total. The van der Waals surface area contributed by atoms with Crippen LogP contribution in [-0.4, -0.2) is 27.6 Å². The molecule has 0 N–H and O–H groups in total. The van der Waals surface area contributed by atoms with Crippen molar-refractivity contribution in [3.63, 3.8) is 0 Å². The van der Waals surface area contributed by atoms with Crippen LogP contribution in [-0.2, 0) is 6.54 Å². The van der Waals surface area contributed by atoms with Crippen LogP contribution < -0.4 is 0 Å². The summed E-state index contributed by atoms with van der Waals surface area (Å²) in [5.41, 5.74) is 4.10. The van der Waals surface area contributed by atoms with Gasteiger partial charge in [0.25, 0.3) is 5.91 Å². The molecule has 0 aliphatic heterocycles. The van der Waals surface area contributed by atoms with Crippen LogP contribution in [0.5, 0.6) is 0 Å². The molecule has 25 heavy (non-hydrogen) atoms. The molecule has 0 saturated heterocycles. The summed E-state index contributed by atoms with van der Waals surface area (Å²) in [4.78, 5) is 14.4. The van der Waals surface area contributed by atoms with Crippen LogP contribution in [0.2, 0.25) is 0 Å². The van der Waals surface area contributed by atoms with Crippen molar-refractivity contribution in [1.29, 1.82) is 0 Å². The van der Waals surface area contributed by atoms with Gasteiger partial charge >= 0.3 is 0 Å². The Morgan fingerprint density at radius 1 is 1.08 bits per heavy atom. The molecule has 0 radical (unpaired) electrons. The lowest BCUT2D eigenvalue weighted by atomic mass is 10.0. The molecule has 0 bridgehead atoms. The molecule has 0 spiro atoms. The van der Waals surface area contributed by atoms with Gasteiger partial charge in [-0.25, -0.2) is 0 Å². The topological polar surface area (TPSA) is 38.1 Å². The van der Waals surface area contributed by atoms with E-state index in [0.29, 0.717) is 5.56 Å². The third-order valence-electron chi connectivity index (χ3n) is 4.61. The quantitative estimate of drug-likeness (QED) is 0.694. The van der Waals surface area contributed by atoms with Crippen molar-refractivity contribution < 1.29 is 4.79 Å². The predicted octanol–water partition coefficient (Wildman–Crippen LogP) is 4.40. The molecule has 128 valence electrons. The van der Waals surface area contributed by atoms with Gasteiger partial charge in [-0.05, 0) is 30.5 Å². The molecule has 0 aliphatic rings. The molecule has 4 heteroatoms. The van der Waals surface area contributed by atoms with Crippen molar-refractivity contribution in [3.8, 4) is 11.1 Å². The van der Waals surface area contributed by atoms with Gasteiger partial charge in [0, 0.05) is 19.8 Å². The van der Waals surface area contributed by atoms with Crippen LogP contribution in [0, 0.1) is 0 Å². The lowest BCUT2D eigenvalue weighted by Gasteiger charge is -2.25. The molecule has 1 atom stereocenters. The minimum atomic E-state index is -0.0145. The second kappa shape index (κ2) is 7.34. The lowest BCUT2D eigenvalue weighted by Crippen LogP contribution is -2.29. The minimum absolute atomic E-state index is 0.0118. The van der Waals surface area contributed by atoms with Crippen molar-refractivity contribution in [2.24, 2.45) is 0 Å². The van der Waals surface area contributed by atoms with Crippen LogP contribution in [0.4, 0.5) is 0 Å². The number of aryl methyl sites for hydroxylation is 1. The highest BCUT2D eigenvalue weighted by atomic mass is 16.2. The maximum Gasteiger partial charge on any atom is 0.257 e. The number of amides is 1. The van der Waals surface area contributed by atoms with E-state index in [4.69, 9.17) is 0 Å². The molecule has 1 heterocycles. The van der Waals surface area contributed by atoms with Gasteiger partial charge in [0.2, 0.25) is 0 Å². The fourth-order valence-electron chi connectivity index (χ4n) is 2.83. The second-order valence-electron chi connectivity index (χ2n) is 6.16. The second-order valence-corrected chi connectivity index (χ2v) is 6.16. The zero-order chi connectivity index (χ0) is 17.8. The maximum absolute atomic E-state index is 12.6. The number of benzene rings is 2. The Hall–Kier alpha value is -2.88. The fourth-order valence-corrected chi connectivity index (χ4v) is 2.83. The van der Waals surface area contributed by atoms with Gasteiger partial charge in [-0.3, -0.25) is 9.48 Å². The number of hydrogen-bond donors (Lipinski definition) is 0. The van der Waals surface area contributed by atoms with Crippen LogP contribution in [0.15, 0.2) is 67.0 Å². The van der Waals surface area contributed by atoms with Crippen molar-refractivity contribution in [2.75, 3.05) is 7.05 Å². The Labute approximate surface area is 148 Å². The molecule has 0 fully saturated rings. The van der Waals surface area contributed by atoms with Gasteiger partial charge in [0.05, 0.1) is 17.8 Å². The normalized spacial score (nSPS) is 12.0. The first-order valence-electron chi connectivity index (χ1n) is 8.55. The van der Waals surface area contributed by atoms with E-state index in [9.17, 15) is 4.79 Å². The Balaban J connectivity index is 1.75.